The summed E-state index contributed by atoms with van der Waals surface area (Å²) >= 11 is 0. The average Bonchev–Trinajstić information content (AvgIpc) is 2.82. The highest BCUT2D eigenvalue weighted by Crippen LogP contribution is 2.32. The van der Waals surface area contributed by atoms with Gasteiger partial charge in [0.15, 0.2) is 0 Å². The molecule has 1 aliphatic carbocycles. The van der Waals surface area contributed by atoms with Crippen molar-refractivity contribution in [2.75, 3.05) is 13.1 Å². The monoisotopic (exact) mass is 294 g/mol. The third-order valence-electron chi connectivity index (χ3n) is 4.38. The van der Waals surface area contributed by atoms with Gasteiger partial charge in [-0.3, -0.25) is 0 Å². The summed E-state index contributed by atoms with van der Waals surface area (Å²) in [6, 6.07) is 8.06. The summed E-state index contributed by atoms with van der Waals surface area (Å²) in [5.74, 6) is 0.455. The molecule has 5 heteroatoms. The molecule has 20 heavy (non-hydrogen) atoms. The first-order valence-electron chi connectivity index (χ1n) is 7.41. The van der Waals surface area contributed by atoms with Crippen molar-refractivity contribution in [1.29, 1.82) is 0 Å². The molecule has 1 saturated heterocycles. The van der Waals surface area contributed by atoms with Crippen LogP contribution in [0.2, 0.25) is 0 Å². The first kappa shape index (κ1) is 14.0. The lowest BCUT2D eigenvalue weighted by atomic mass is 10.0. The molecule has 1 aromatic carbocycles. The molecule has 4 nitrogen and oxygen atoms in total. The van der Waals surface area contributed by atoms with Crippen LogP contribution in [-0.4, -0.2) is 25.8 Å². The molecular weight excluding hydrogens is 272 g/mol. The van der Waals surface area contributed by atoms with Crippen molar-refractivity contribution in [3.8, 4) is 0 Å². The van der Waals surface area contributed by atoms with E-state index in [1.165, 1.54) is 5.56 Å². The predicted octanol–water partition coefficient (Wildman–Crippen LogP) is 2.24. The minimum Gasteiger partial charge on any atom is -0.195 e. The van der Waals surface area contributed by atoms with E-state index in [4.69, 9.17) is 0 Å². The Labute approximate surface area is 121 Å². The Morgan fingerprint density at radius 3 is 2.85 bits per heavy atom. The molecule has 0 radical (unpaired) electrons. The van der Waals surface area contributed by atoms with E-state index in [9.17, 15) is 8.42 Å². The van der Waals surface area contributed by atoms with E-state index >= 15 is 0 Å². The van der Waals surface area contributed by atoms with Gasteiger partial charge < -0.3 is 0 Å². The van der Waals surface area contributed by atoms with Gasteiger partial charge in [0.25, 0.3) is 10.2 Å². The van der Waals surface area contributed by atoms with Crippen molar-refractivity contribution in [3.63, 3.8) is 0 Å². The third-order valence-corrected chi connectivity index (χ3v) is 5.98. The van der Waals surface area contributed by atoms with Gasteiger partial charge in [-0.1, -0.05) is 31.2 Å². The summed E-state index contributed by atoms with van der Waals surface area (Å²) in [6.45, 7) is 3.41. The second-order valence-electron chi connectivity index (χ2n) is 6.02. The van der Waals surface area contributed by atoms with Crippen LogP contribution in [0, 0.1) is 5.92 Å². The largest absolute Gasteiger partial charge is 0.280 e. The first-order chi connectivity index (χ1) is 9.56. The van der Waals surface area contributed by atoms with Crippen molar-refractivity contribution in [3.05, 3.63) is 35.4 Å². The highest BCUT2D eigenvalue weighted by atomic mass is 32.2. The Bertz CT molecular complexity index is 585. The topological polar surface area (TPSA) is 49.4 Å². The summed E-state index contributed by atoms with van der Waals surface area (Å²) in [6.07, 6.45) is 3.91. The highest BCUT2D eigenvalue weighted by Gasteiger charge is 2.31. The number of benzene rings is 1. The molecule has 110 valence electrons. The number of rotatable bonds is 3. The summed E-state index contributed by atoms with van der Waals surface area (Å²) < 4.78 is 29.5. The zero-order chi connectivity index (χ0) is 14.2. The molecule has 0 aromatic heterocycles. The number of piperidine rings is 1. The molecule has 1 fully saturated rings. The molecule has 2 aliphatic rings. The maximum absolute atomic E-state index is 12.5. The lowest BCUT2D eigenvalue weighted by molar-refractivity contribution is 0.276. The molecule has 2 unspecified atom stereocenters. The van der Waals surface area contributed by atoms with E-state index in [1.54, 1.807) is 4.31 Å². The number of nitrogens with zero attached hydrogens (tertiary/aromatic N) is 1. The number of aryl methyl sites for hydroxylation is 1. The third kappa shape index (κ3) is 2.75. The van der Waals surface area contributed by atoms with Gasteiger partial charge in [-0.15, -0.1) is 0 Å². The second kappa shape index (κ2) is 5.47. The second-order valence-corrected chi connectivity index (χ2v) is 7.72. The molecule has 0 bridgehead atoms. The van der Waals surface area contributed by atoms with E-state index in [2.05, 4.69) is 17.7 Å². The number of hydrogen-bond acceptors (Lipinski definition) is 2. The Morgan fingerprint density at radius 2 is 2.05 bits per heavy atom. The fourth-order valence-electron chi connectivity index (χ4n) is 3.30. The minimum atomic E-state index is -3.36. The fourth-order valence-corrected chi connectivity index (χ4v) is 4.87. The quantitative estimate of drug-likeness (QED) is 0.929. The standard InChI is InChI=1S/C15H22N2O2S/c1-12-5-4-10-17(11-12)20(18,19)16-15-9-8-13-6-2-3-7-14(13)15/h2-3,6-7,12,15-16H,4-5,8-11H2,1H3. The van der Waals surface area contributed by atoms with Crippen LogP contribution in [-0.2, 0) is 16.6 Å². The maximum Gasteiger partial charge on any atom is 0.280 e. The van der Waals surface area contributed by atoms with Gasteiger partial charge >= 0.3 is 0 Å². The fraction of sp³-hybridized carbons (Fsp3) is 0.600. The van der Waals surface area contributed by atoms with Gasteiger partial charge in [-0.05, 0) is 42.7 Å². The molecule has 2 atom stereocenters. The Morgan fingerprint density at radius 1 is 1.25 bits per heavy atom. The predicted molar refractivity (Wildman–Crippen MR) is 79.5 cm³/mol. The summed E-state index contributed by atoms with van der Waals surface area (Å²) in [5.41, 5.74) is 2.41. The van der Waals surface area contributed by atoms with E-state index in [-0.39, 0.29) is 6.04 Å². The molecule has 1 N–H and O–H groups in total. The van der Waals surface area contributed by atoms with Crippen LogP contribution in [0.15, 0.2) is 24.3 Å². The van der Waals surface area contributed by atoms with E-state index < -0.39 is 10.2 Å². The lowest BCUT2D eigenvalue weighted by Gasteiger charge is -2.31. The van der Waals surface area contributed by atoms with Gasteiger partial charge in [-0.25, -0.2) is 0 Å². The van der Waals surface area contributed by atoms with Crippen molar-refractivity contribution in [1.82, 2.24) is 9.03 Å². The maximum atomic E-state index is 12.5. The van der Waals surface area contributed by atoms with E-state index in [0.717, 1.165) is 31.2 Å². The number of nitrogens with one attached hydrogen (secondary N) is 1. The van der Waals surface area contributed by atoms with Gasteiger partial charge in [0.1, 0.15) is 0 Å². The van der Waals surface area contributed by atoms with Crippen LogP contribution < -0.4 is 4.72 Å². The Hall–Kier alpha value is -0.910. The number of hydrogen-bond donors (Lipinski definition) is 1. The molecule has 0 spiro atoms. The molecule has 0 saturated carbocycles. The van der Waals surface area contributed by atoms with Crippen molar-refractivity contribution < 1.29 is 8.42 Å². The highest BCUT2D eigenvalue weighted by molar-refractivity contribution is 7.87. The van der Waals surface area contributed by atoms with Gasteiger partial charge in [0.05, 0.1) is 0 Å². The summed E-state index contributed by atoms with van der Waals surface area (Å²) in [7, 11) is -3.36. The van der Waals surface area contributed by atoms with E-state index in [1.807, 2.05) is 18.2 Å². The van der Waals surface area contributed by atoms with Crippen LogP contribution in [0.1, 0.15) is 43.4 Å². The zero-order valence-electron chi connectivity index (χ0n) is 11.9. The average molecular weight is 294 g/mol. The van der Waals surface area contributed by atoms with Crippen molar-refractivity contribution in [2.24, 2.45) is 5.92 Å². The van der Waals surface area contributed by atoms with Gasteiger partial charge in [0, 0.05) is 19.1 Å². The zero-order valence-corrected chi connectivity index (χ0v) is 12.7. The van der Waals surface area contributed by atoms with Gasteiger partial charge in [-0.2, -0.15) is 17.4 Å². The molecule has 0 amide bonds. The smallest absolute Gasteiger partial charge is 0.195 e. The Kier molecular flexibility index (Phi) is 3.84. The Balaban J connectivity index is 1.74. The summed E-state index contributed by atoms with van der Waals surface area (Å²) in [5, 5.41) is 0. The number of fused-ring (bicyclic) bond motifs is 1. The van der Waals surface area contributed by atoms with Crippen LogP contribution >= 0.6 is 0 Å². The van der Waals surface area contributed by atoms with Crippen molar-refractivity contribution in [2.45, 2.75) is 38.6 Å². The molecule has 1 aromatic rings. The van der Waals surface area contributed by atoms with Crippen LogP contribution in [0.5, 0.6) is 0 Å². The molecule has 1 heterocycles. The minimum absolute atomic E-state index is 0.0616. The molecule has 1 aliphatic heterocycles. The van der Waals surface area contributed by atoms with E-state index in [0.29, 0.717) is 19.0 Å². The van der Waals surface area contributed by atoms with Crippen LogP contribution in [0.3, 0.4) is 0 Å². The normalized spacial score (nSPS) is 27.4. The van der Waals surface area contributed by atoms with Crippen LogP contribution in [0.25, 0.3) is 0 Å². The van der Waals surface area contributed by atoms with Crippen LogP contribution in [0.4, 0.5) is 0 Å². The molecular formula is C15H22N2O2S. The summed E-state index contributed by atoms with van der Waals surface area (Å²) in [4.78, 5) is 0. The first-order valence-corrected chi connectivity index (χ1v) is 8.85. The SMILES string of the molecule is CC1CCCN(S(=O)(=O)NC2CCc3ccccc32)C1. The van der Waals surface area contributed by atoms with Gasteiger partial charge in [0.2, 0.25) is 0 Å². The lowest BCUT2D eigenvalue weighted by Crippen LogP contribution is -2.46. The molecule has 3 rings (SSSR count). The van der Waals surface area contributed by atoms with Crippen molar-refractivity contribution >= 4 is 10.2 Å².